The van der Waals surface area contributed by atoms with E-state index in [1.165, 1.54) is 6.92 Å². The predicted molar refractivity (Wildman–Crippen MR) is 96.8 cm³/mol. The van der Waals surface area contributed by atoms with E-state index in [1.54, 1.807) is 42.5 Å². The Morgan fingerprint density at radius 2 is 1.81 bits per heavy atom. The van der Waals surface area contributed by atoms with E-state index in [9.17, 15) is 9.59 Å². The maximum absolute atomic E-state index is 12.1. The number of carbonyl (C=O) groups excluding carboxylic acids is 2. The quantitative estimate of drug-likeness (QED) is 0.812. The molecule has 0 radical (unpaired) electrons. The summed E-state index contributed by atoms with van der Waals surface area (Å²) < 4.78 is 16.1. The zero-order chi connectivity index (χ0) is 18.5. The van der Waals surface area contributed by atoms with Crippen molar-refractivity contribution in [3.63, 3.8) is 0 Å². The van der Waals surface area contributed by atoms with E-state index < -0.39 is 18.0 Å². The van der Waals surface area contributed by atoms with Gasteiger partial charge in [-0.1, -0.05) is 17.7 Å². The summed E-state index contributed by atoms with van der Waals surface area (Å²) in [7, 11) is 0. The first-order chi connectivity index (χ1) is 12.5. The molecule has 3 rings (SSSR count). The fourth-order valence-corrected chi connectivity index (χ4v) is 2.56. The smallest absolute Gasteiger partial charge is 0.311 e. The van der Waals surface area contributed by atoms with Crippen molar-refractivity contribution >= 4 is 29.2 Å². The van der Waals surface area contributed by atoms with Gasteiger partial charge < -0.3 is 19.5 Å². The van der Waals surface area contributed by atoms with Crippen LogP contribution < -0.4 is 14.8 Å². The minimum Gasteiger partial charge on any atom is -0.486 e. The molecule has 0 saturated heterocycles. The number of hydrogen-bond acceptors (Lipinski definition) is 5. The maximum atomic E-state index is 12.1. The Kier molecular flexibility index (Phi) is 5.63. The lowest BCUT2D eigenvalue weighted by atomic mass is 10.1. The monoisotopic (exact) mass is 375 g/mol. The third-order valence-electron chi connectivity index (χ3n) is 3.74. The lowest BCUT2D eigenvalue weighted by Gasteiger charge is -2.19. The van der Waals surface area contributed by atoms with E-state index in [4.69, 9.17) is 25.8 Å². The van der Waals surface area contributed by atoms with Crippen molar-refractivity contribution in [2.75, 3.05) is 18.5 Å². The van der Waals surface area contributed by atoms with Crippen molar-refractivity contribution < 1.29 is 23.8 Å². The van der Waals surface area contributed by atoms with Crippen LogP contribution in [0.1, 0.15) is 12.5 Å². The second-order valence-corrected chi connectivity index (χ2v) is 6.22. The molecule has 0 unspecified atom stereocenters. The lowest BCUT2D eigenvalue weighted by Crippen LogP contribution is -2.30. The third kappa shape index (κ3) is 4.67. The summed E-state index contributed by atoms with van der Waals surface area (Å²) in [5, 5.41) is 3.24. The molecular weight excluding hydrogens is 358 g/mol. The normalized spacial score (nSPS) is 13.6. The first-order valence-corrected chi connectivity index (χ1v) is 8.53. The highest BCUT2D eigenvalue weighted by Gasteiger charge is 2.19. The van der Waals surface area contributed by atoms with Crippen LogP contribution in [0.25, 0.3) is 0 Å². The number of fused-ring (bicyclic) bond motifs is 1. The number of benzene rings is 2. The third-order valence-corrected chi connectivity index (χ3v) is 4.00. The van der Waals surface area contributed by atoms with Gasteiger partial charge in [-0.2, -0.15) is 0 Å². The van der Waals surface area contributed by atoms with Gasteiger partial charge in [0.25, 0.3) is 5.91 Å². The van der Waals surface area contributed by atoms with Crippen LogP contribution in [0.5, 0.6) is 11.5 Å². The van der Waals surface area contributed by atoms with E-state index in [0.717, 1.165) is 5.56 Å². The Balaban J connectivity index is 1.53. The van der Waals surface area contributed by atoms with Crippen LogP contribution >= 0.6 is 11.6 Å². The molecule has 0 aliphatic carbocycles. The minimum atomic E-state index is -0.921. The van der Waals surface area contributed by atoms with Crippen molar-refractivity contribution in [3.05, 3.63) is 53.1 Å². The maximum Gasteiger partial charge on any atom is 0.311 e. The van der Waals surface area contributed by atoms with Crippen molar-refractivity contribution in [2.24, 2.45) is 0 Å². The molecule has 1 aliphatic rings. The largest absolute Gasteiger partial charge is 0.486 e. The molecule has 0 aromatic heterocycles. The van der Waals surface area contributed by atoms with Crippen molar-refractivity contribution in [1.29, 1.82) is 0 Å². The number of carbonyl (C=O) groups is 2. The highest BCUT2D eigenvalue weighted by Crippen LogP contribution is 2.30. The Labute approximate surface area is 156 Å². The van der Waals surface area contributed by atoms with Crippen molar-refractivity contribution in [2.45, 2.75) is 19.4 Å². The van der Waals surface area contributed by atoms with Crippen LogP contribution in [0, 0.1) is 0 Å². The van der Waals surface area contributed by atoms with Crippen LogP contribution in [0.3, 0.4) is 0 Å². The zero-order valence-electron chi connectivity index (χ0n) is 14.2. The number of esters is 1. The minimum absolute atomic E-state index is 0.0369. The fraction of sp³-hybridized carbons (Fsp3) is 0.263. The topological polar surface area (TPSA) is 73.9 Å². The number of ether oxygens (including phenoxy) is 3. The zero-order valence-corrected chi connectivity index (χ0v) is 14.9. The van der Waals surface area contributed by atoms with E-state index in [1.807, 2.05) is 0 Å². The second-order valence-electron chi connectivity index (χ2n) is 5.78. The molecule has 1 atom stereocenters. The van der Waals surface area contributed by atoms with Crippen LogP contribution in [-0.4, -0.2) is 31.2 Å². The summed E-state index contributed by atoms with van der Waals surface area (Å²) in [6, 6.07) is 11.9. The van der Waals surface area contributed by atoms with E-state index in [0.29, 0.717) is 35.4 Å². The summed E-state index contributed by atoms with van der Waals surface area (Å²) in [5.41, 5.74) is 1.30. The van der Waals surface area contributed by atoms with Gasteiger partial charge in [-0.05, 0) is 48.9 Å². The van der Waals surface area contributed by atoms with Crippen LogP contribution in [0.2, 0.25) is 5.02 Å². The molecular formula is C19H18ClNO5. The molecule has 1 amide bonds. The Morgan fingerprint density at radius 3 is 2.54 bits per heavy atom. The molecule has 6 nitrogen and oxygen atoms in total. The van der Waals surface area contributed by atoms with E-state index >= 15 is 0 Å². The van der Waals surface area contributed by atoms with Gasteiger partial charge in [0.2, 0.25) is 0 Å². The molecule has 0 bridgehead atoms. The van der Waals surface area contributed by atoms with Crippen molar-refractivity contribution in [3.8, 4) is 11.5 Å². The van der Waals surface area contributed by atoms with Crippen molar-refractivity contribution in [1.82, 2.24) is 0 Å². The molecule has 2 aromatic rings. The Bertz CT molecular complexity index is 806. The van der Waals surface area contributed by atoms with Gasteiger partial charge in [0, 0.05) is 10.7 Å². The number of rotatable bonds is 5. The van der Waals surface area contributed by atoms with Gasteiger partial charge in [-0.25, -0.2) is 0 Å². The Morgan fingerprint density at radius 1 is 1.12 bits per heavy atom. The van der Waals surface area contributed by atoms with Crippen LogP contribution in [0.4, 0.5) is 5.69 Å². The van der Waals surface area contributed by atoms with E-state index in [-0.39, 0.29) is 6.42 Å². The average molecular weight is 376 g/mol. The molecule has 26 heavy (non-hydrogen) atoms. The van der Waals surface area contributed by atoms with Gasteiger partial charge in [0.1, 0.15) is 13.2 Å². The summed E-state index contributed by atoms with van der Waals surface area (Å²) in [6.07, 6.45) is -0.884. The number of hydrogen-bond donors (Lipinski definition) is 1. The van der Waals surface area contributed by atoms with Gasteiger partial charge in [-0.15, -0.1) is 0 Å². The standard InChI is InChI=1S/C19H18ClNO5/c1-12(19(23)21-15-5-3-14(20)4-6-15)26-18(22)11-13-2-7-16-17(10-13)25-9-8-24-16/h2-7,10,12H,8-9,11H2,1H3,(H,21,23)/t12-/m0/s1. The van der Waals surface area contributed by atoms with Gasteiger partial charge in [0.15, 0.2) is 17.6 Å². The highest BCUT2D eigenvalue weighted by molar-refractivity contribution is 6.30. The second kappa shape index (κ2) is 8.10. The molecule has 0 saturated carbocycles. The number of nitrogens with one attached hydrogen (secondary N) is 1. The van der Waals surface area contributed by atoms with Gasteiger partial charge in [-0.3, -0.25) is 9.59 Å². The first kappa shape index (κ1) is 18.1. The summed E-state index contributed by atoms with van der Waals surface area (Å²) in [6.45, 7) is 2.50. The summed E-state index contributed by atoms with van der Waals surface area (Å²) in [5.74, 6) is 0.349. The molecule has 0 fully saturated rings. The SMILES string of the molecule is C[C@H](OC(=O)Cc1ccc2c(c1)OCCO2)C(=O)Nc1ccc(Cl)cc1. The molecule has 1 heterocycles. The van der Waals surface area contributed by atoms with E-state index in [2.05, 4.69) is 5.32 Å². The molecule has 1 N–H and O–H groups in total. The summed E-state index contributed by atoms with van der Waals surface area (Å²) >= 11 is 5.80. The molecule has 1 aliphatic heterocycles. The number of halogens is 1. The molecule has 2 aromatic carbocycles. The molecule has 0 spiro atoms. The number of amides is 1. The molecule has 136 valence electrons. The van der Waals surface area contributed by atoms with Crippen LogP contribution in [0.15, 0.2) is 42.5 Å². The van der Waals surface area contributed by atoms with Gasteiger partial charge >= 0.3 is 5.97 Å². The first-order valence-electron chi connectivity index (χ1n) is 8.16. The predicted octanol–water partition coefficient (Wildman–Crippen LogP) is 3.22. The number of anilines is 1. The summed E-state index contributed by atoms with van der Waals surface area (Å²) in [4.78, 5) is 24.2. The molecule has 7 heteroatoms. The lowest BCUT2D eigenvalue weighted by molar-refractivity contribution is -0.152. The highest BCUT2D eigenvalue weighted by atomic mass is 35.5. The fourth-order valence-electron chi connectivity index (χ4n) is 2.43. The van der Waals surface area contributed by atoms with Crippen LogP contribution in [-0.2, 0) is 20.7 Å². The average Bonchev–Trinajstić information content (AvgIpc) is 2.63. The van der Waals surface area contributed by atoms with Gasteiger partial charge in [0.05, 0.1) is 6.42 Å². The Hall–Kier alpha value is -2.73.